The van der Waals surface area contributed by atoms with Gasteiger partial charge in [-0.2, -0.15) is 10.2 Å². The highest BCUT2D eigenvalue weighted by atomic mass is 32.1. The number of carbonyl (C=O) groups is 2. The summed E-state index contributed by atoms with van der Waals surface area (Å²) in [6.07, 6.45) is 1.69. The third-order valence-electron chi connectivity index (χ3n) is 3.77. The van der Waals surface area contributed by atoms with Gasteiger partial charge in [0.1, 0.15) is 0 Å². The molecule has 2 N–H and O–H groups in total. The number of thiophene rings is 1. The third kappa shape index (κ3) is 4.68. The maximum atomic E-state index is 12.3. The molecule has 8 heteroatoms. The van der Waals surface area contributed by atoms with Gasteiger partial charge < -0.3 is 5.32 Å². The number of aromatic nitrogens is 2. The first-order chi connectivity index (χ1) is 12.9. The Morgan fingerprint density at radius 3 is 2.63 bits per heavy atom. The fourth-order valence-electron chi connectivity index (χ4n) is 2.36. The van der Waals surface area contributed by atoms with Gasteiger partial charge >= 0.3 is 0 Å². The number of carbonyl (C=O) groups excluding carboxylic acids is 2. The van der Waals surface area contributed by atoms with E-state index < -0.39 is 0 Å². The van der Waals surface area contributed by atoms with Crippen LogP contribution in [0.2, 0.25) is 0 Å². The molecule has 3 aromatic rings. The predicted octanol–water partition coefficient (Wildman–Crippen LogP) is 3.20. The first-order valence-electron chi connectivity index (χ1n) is 8.25. The number of nitrogens with one attached hydrogen (secondary N) is 2. The molecule has 7 nitrogen and oxygen atoms in total. The van der Waals surface area contributed by atoms with E-state index in [1.807, 2.05) is 37.3 Å². The number of benzene rings is 1. The van der Waals surface area contributed by atoms with E-state index in [9.17, 15) is 9.59 Å². The summed E-state index contributed by atoms with van der Waals surface area (Å²) in [5, 5.41) is 11.0. The van der Waals surface area contributed by atoms with Crippen molar-refractivity contribution in [1.82, 2.24) is 15.2 Å². The summed E-state index contributed by atoms with van der Waals surface area (Å²) in [5.41, 5.74) is 4.84. The summed E-state index contributed by atoms with van der Waals surface area (Å²) in [6.45, 7) is 3.74. The summed E-state index contributed by atoms with van der Waals surface area (Å²) in [7, 11) is 1.74. The zero-order valence-electron chi connectivity index (χ0n) is 15.2. The van der Waals surface area contributed by atoms with Crippen molar-refractivity contribution in [3.8, 4) is 0 Å². The molecule has 2 amide bonds. The number of aryl methyl sites for hydroxylation is 2. The second kappa shape index (κ2) is 7.96. The zero-order valence-corrected chi connectivity index (χ0v) is 16.0. The van der Waals surface area contributed by atoms with Gasteiger partial charge in [0.25, 0.3) is 11.8 Å². The van der Waals surface area contributed by atoms with Crippen LogP contribution in [-0.4, -0.2) is 27.3 Å². The summed E-state index contributed by atoms with van der Waals surface area (Å²) < 4.78 is 1.55. The Labute approximate surface area is 160 Å². The molecule has 0 spiro atoms. The number of rotatable bonds is 5. The summed E-state index contributed by atoms with van der Waals surface area (Å²) in [5.74, 6) is -0.532. The molecule has 0 aliphatic rings. The Bertz CT molecular complexity index is 1020. The molecule has 0 saturated carbocycles. The van der Waals surface area contributed by atoms with E-state index in [4.69, 9.17) is 0 Å². The van der Waals surface area contributed by atoms with Crippen LogP contribution in [0.5, 0.6) is 0 Å². The molecule has 0 fully saturated rings. The van der Waals surface area contributed by atoms with Crippen LogP contribution in [0.4, 0.5) is 5.69 Å². The lowest BCUT2D eigenvalue weighted by molar-refractivity contribution is 0.0948. The molecule has 0 aliphatic heterocycles. The molecule has 3 rings (SSSR count). The van der Waals surface area contributed by atoms with Crippen LogP contribution < -0.4 is 10.7 Å². The molecular weight excluding hydrogens is 362 g/mol. The predicted molar refractivity (Wildman–Crippen MR) is 106 cm³/mol. The van der Waals surface area contributed by atoms with Crippen LogP contribution in [0.25, 0.3) is 0 Å². The van der Waals surface area contributed by atoms with Crippen LogP contribution in [0, 0.1) is 6.92 Å². The van der Waals surface area contributed by atoms with Crippen LogP contribution in [0.15, 0.2) is 53.8 Å². The van der Waals surface area contributed by atoms with Gasteiger partial charge in [0.15, 0.2) is 5.69 Å². The van der Waals surface area contributed by atoms with Crippen molar-refractivity contribution < 1.29 is 9.59 Å². The van der Waals surface area contributed by atoms with Crippen molar-refractivity contribution in [2.45, 2.75) is 13.8 Å². The number of hydrazone groups is 1. The average Bonchev–Trinajstić information content (AvgIpc) is 3.28. The molecule has 0 unspecified atom stereocenters. The largest absolute Gasteiger partial charge is 0.321 e. The lowest BCUT2D eigenvalue weighted by atomic mass is 10.1. The lowest BCUT2D eigenvalue weighted by Gasteiger charge is -2.07. The Balaban J connectivity index is 1.68. The molecule has 0 aliphatic carbocycles. The molecule has 0 bridgehead atoms. The fourth-order valence-corrected chi connectivity index (χ4v) is 3.13. The maximum absolute atomic E-state index is 12.3. The highest BCUT2D eigenvalue weighted by Gasteiger charge is 2.10. The van der Waals surface area contributed by atoms with Crippen LogP contribution in [0.3, 0.4) is 0 Å². The highest BCUT2D eigenvalue weighted by Crippen LogP contribution is 2.18. The second-order valence-electron chi connectivity index (χ2n) is 5.96. The van der Waals surface area contributed by atoms with Crippen molar-refractivity contribution >= 4 is 34.6 Å². The van der Waals surface area contributed by atoms with Gasteiger partial charge in [0.2, 0.25) is 0 Å². The molecule has 2 aromatic heterocycles. The Hall–Kier alpha value is -3.26. The normalized spacial score (nSPS) is 11.3. The Morgan fingerprint density at radius 1 is 1.15 bits per heavy atom. The van der Waals surface area contributed by atoms with E-state index in [2.05, 4.69) is 20.9 Å². The highest BCUT2D eigenvalue weighted by molar-refractivity contribution is 7.14. The Morgan fingerprint density at radius 2 is 1.96 bits per heavy atom. The topological polar surface area (TPSA) is 88.4 Å². The number of amides is 2. The molecule has 27 heavy (non-hydrogen) atoms. The average molecular weight is 381 g/mol. The fraction of sp³-hybridized carbons (Fsp3) is 0.158. The van der Waals surface area contributed by atoms with E-state index in [-0.39, 0.29) is 11.8 Å². The zero-order chi connectivity index (χ0) is 19.4. The molecule has 0 atom stereocenters. The van der Waals surface area contributed by atoms with Crippen LogP contribution >= 0.6 is 11.3 Å². The van der Waals surface area contributed by atoms with Gasteiger partial charge in [-0.25, -0.2) is 5.43 Å². The van der Waals surface area contributed by atoms with Crippen LogP contribution in [0.1, 0.15) is 37.5 Å². The van der Waals surface area contributed by atoms with E-state index in [0.29, 0.717) is 22.0 Å². The van der Waals surface area contributed by atoms with Gasteiger partial charge in [-0.15, -0.1) is 11.3 Å². The van der Waals surface area contributed by atoms with E-state index in [1.165, 1.54) is 11.3 Å². The SMILES string of the molecule is CC(=NNC(=O)c1ccn(C)n1)c1cccc(NC(=O)c2ccc(C)s2)c1. The molecular formula is C19H19N5O2S. The van der Waals surface area contributed by atoms with Crippen molar-refractivity contribution in [2.24, 2.45) is 12.1 Å². The number of hydrogen-bond donors (Lipinski definition) is 2. The van der Waals surface area contributed by atoms with Crippen molar-refractivity contribution in [2.75, 3.05) is 5.32 Å². The van der Waals surface area contributed by atoms with Gasteiger partial charge in [0, 0.05) is 23.8 Å². The first kappa shape index (κ1) is 18.5. The van der Waals surface area contributed by atoms with E-state index in [0.717, 1.165) is 10.4 Å². The smallest absolute Gasteiger partial charge is 0.291 e. The lowest BCUT2D eigenvalue weighted by Crippen LogP contribution is -2.20. The van der Waals surface area contributed by atoms with E-state index in [1.54, 1.807) is 37.0 Å². The van der Waals surface area contributed by atoms with Crippen LogP contribution in [-0.2, 0) is 7.05 Å². The molecule has 2 heterocycles. The number of hydrogen-bond acceptors (Lipinski definition) is 5. The number of nitrogens with zero attached hydrogens (tertiary/aromatic N) is 3. The van der Waals surface area contributed by atoms with Gasteiger partial charge in [-0.05, 0) is 49.7 Å². The minimum atomic E-state index is -0.382. The molecule has 0 radical (unpaired) electrons. The quantitative estimate of drug-likeness (QED) is 0.525. The van der Waals surface area contributed by atoms with Crippen molar-refractivity contribution in [3.05, 3.63) is 69.7 Å². The van der Waals surface area contributed by atoms with Crippen molar-refractivity contribution in [3.63, 3.8) is 0 Å². The Kier molecular flexibility index (Phi) is 5.46. The van der Waals surface area contributed by atoms with Gasteiger partial charge in [-0.1, -0.05) is 12.1 Å². The minimum Gasteiger partial charge on any atom is -0.321 e. The third-order valence-corrected chi connectivity index (χ3v) is 4.77. The maximum Gasteiger partial charge on any atom is 0.291 e. The summed E-state index contributed by atoms with van der Waals surface area (Å²) >= 11 is 1.45. The summed E-state index contributed by atoms with van der Waals surface area (Å²) in [6, 6.07) is 12.6. The standard InChI is InChI=1S/C19H19N5O2S/c1-12-7-8-17(27-12)19(26)20-15-6-4-5-14(11-15)13(2)21-22-18(25)16-9-10-24(3)23-16/h4-11H,1-3H3,(H,20,26)(H,22,25). The molecule has 0 saturated heterocycles. The van der Waals surface area contributed by atoms with Gasteiger partial charge in [0.05, 0.1) is 10.6 Å². The van der Waals surface area contributed by atoms with Gasteiger partial charge in [-0.3, -0.25) is 14.3 Å². The monoisotopic (exact) mass is 381 g/mol. The first-order valence-corrected chi connectivity index (χ1v) is 9.06. The second-order valence-corrected chi connectivity index (χ2v) is 7.25. The minimum absolute atomic E-state index is 0.150. The summed E-state index contributed by atoms with van der Waals surface area (Å²) in [4.78, 5) is 26.0. The molecule has 138 valence electrons. The van der Waals surface area contributed by atoms with E-state index >= 15 is 0 Å². The van der Waals surface area contributed by atoms with Crippen molar-refractivity contribution in [1.29, 1.82) is 0 Å². The molecule has 1 aromatic carbocycles. The number of anilines is 1.